The second-order valence-corrected chi connectivity index (χ2v) is 8.49. The van der Waals surface area contributed by atoms with Gasteiger partial charge in [-0.2, -0.15) is 0 Å². The van der Waals surface area contributed by atoms with Crippen LogP contribution >= 0.6 is 11.8 Å². The lowest BCUT2D eigenvalue weighted by Gasteiger charge is -2.33. The summed E-state index contributed by atoms with van der Waals surface area (Å²) in [6, 6.07) is 14.0. The lowest BCUT2D eigenvalue weighted by atomic mass is 10.0. The molecular weight excluding hydrogens is 393 g/mol. The molecule has 0 unspecified atom stereocenters. The first-order valence-electron chi connectivity index (χ1n) is 9.44. The van der Waals surface area contributed by atoms with Crippen LogP contribution in [0.5, 0.6) is 0 Å². The van der Waals surface area contributed by atoms with Gasteiger partial charge in [-0.05, 0) is 43.2 Å². The summed E-state index contributed by atoms with van der Waals surface area (Å²) in [5, 5.41) is 0. The topological polar surface area (TPSA) is 63.7 Å². The number of esters is 1. The van der Waals surface area contributed by atoms with Gasteiger partial charge < -0.3 is 9.64 Å². The van der Waals surface area contributed by atoms with Crippen LogP contribution in [0.3, 0.4) is 0 Å². The van der Waals surface area contributed by atoms with Crippen LogP contribution < -0.4 is 0 Å². The molecule has 1 amide bonds. The fourth-order valence-electron chi connectivity index (χ4n) is 3.97. The third-order valence-corrected chi connectivity index (χ3v) is 7.01. The molecule has 29 heavy (non-hydrogen) atoms. The zero-order chi connectivity index (χ0) is 20.6. The van der Waals surface area contributed by atoms with Crippen molar-refractivity contribution >= 4 is 29.4 Å². The van der Waals surface area contributed by atoms with E-state index in [0.29, 0.717) is 18.6 Å². The van der Waals surface area contributed by atoms with Crippen molar-refractivity contribution < 1.29 is 23.5 Å². The quantitative estimate of drug-likeness (QED) is 0.554. The standard InChI is InChI=1S/C22H20FNO4S/c1-14(20(26)15-7-9-17(23)10-8-15)28-21(27)18-13-29-22(12-11-19(25)24(18)22)16-5-3-2-4-6-16/h2-10,14,18H,11-13H2,1H3/t14-,18-,22+/m0/s1. The molecule has 2 aliphatic heterocycles. The van der Waals surface area contributed by atoms with Gasteiger partial charge in [0.05, 0.1) is 0 Å². The Labute approximate surface area is 172 Å². The molecule has 0 spiro atoms. The Morgan fingerprint density at radius 2 is 1.86 bits per heavy atom. The van der Waals surface area contributed by atoms with Gasteiger partial charge in [0.15, 0.2) is 6.10 Å². The van der Waals surface area contributed by atoms with Crippen molar-refractivity contribution in [2.45, 2.75) is 36.8 Å². The van der Waals surface area contributed by atoms with E-state index in [0.717, 1.165) is 5.56 Å². The summed E-state index contributed by atoms with van der Waals surface area (Å²) in [6.07, 6.45) is -0.0215. The smallest absolute Gasteiger partial charge is 0.330 e. The minimum absolute atomic E-state index is 0.0849. The molecule has 0 radical (unpaired) electrons. The number of hydrogen-bond donors (Lipinski definition) is 0. The van der Waals surface area contributed by atoms with Gasteiger partial charge in [-0.1, -0.05) is 30.3 Å². The van der Waals surface area contributed by atoms with Crippen LogP contribution in [0, 0.1) is 5.82 Å². The highest BCUT2D eigenvalue weighted by Crippen LogP contribution is 2.54. The highest BCUT2D eigenvalue weighted by atomic mass is 32.2. The van der Waals surface area contributed by atoms with Crippen molar-refractivity contribution in [1.82, 2.24) is 4.90 Å². The van der Waals surface area contributed by atoms with E-state index < -0.39 is 34.6 Å². The van der Waals surface area contributed by atoms with Gasteiger partial charge in [0.2, 0.25) is 11.7 Å². The van der Waals surface area contributed by atoms with Crippen LogP contribution in [0.1, 0.15) is 35.7 Å². The molecule has 2 aromatic rings. The van der Waals surface area contributed by atoms with E-state index >= 15 is 0 Å². The van der Waals surface area contributed by atoms with Crippen molar-refractivity contribution in [2.24, 2.45) is 0 Å². The Hall–Kier alpha value is -2.67. The number of carbonyl (C=O) groups excluding carboxylic acids is 3. The fraction of sp³-hybridized carbons (Fsp3) is 0.318. The maximum Gasteiger partial charge on any atom is 0.330 e. The van der Waals surface area contributed by atoms with E-state index in [1.54, 1.807) is 16.7 Å². The first-order valence-corrected chi connectivity index (χ1v) is 10.4. The van der Waals surface area contributed by atoms with Gasteiger partial charge >= 0.3 is 5.97 Å². The van der Waals surface area contributed by atoms with Gasteiger partial charge in [0, 0.05) is 17.7 Å². The summed E-state index contributed by atoms with van der Waals surface area (Å²) in [7, 11) is 0. The van der Waals surface area contributed by atoms with Gasteiger partial charge in [0.25, 0.3) is 0 Å². The third-order valence-electron chi connectivity index (χ3n) is 5.42. The Balaban J connectivity index is 1.51. The van der Waals surface area contributed by atoms with Gasteiger partial charge in [-0.15, -0.1) is 11.8 Å². The number of halogens is 1. The SMILES string of the molecule is C[C@H](OC(=O)[C@@H]1CS[C@@]2(c3ccccc3)CCC(=O)N12)C(=O)c1ccc(F)cc1. The number of fused-ring (bicyclic) bond motifs is 1. The molecule has 3 atom stereocenters. The Kier molecular flexibility index (Phi) is 5.17. The average Bonchev–Trinajstić information content (AvgIpc) is 3.28. The number of benzene rings is 2. The van der Waals surface area contributed by atoms with Crippen LogP contribution in [0.2, 0.25) is 0 Å². The van der Waals surface area contributed by atoms with E-state index in [1.165, 1.54) is 31.2 Å². The number of Topliss-reactive ketones (excluding diaryl/α,β-unsaturated/α-hetero) is 1. The molecule has 2 heterocycles. The Bertz CT molecular complexity index is 949. The van der Waals surface area contributed by atoms with Gasteiger partial charge in [0.1, 0.15) is 16.7 Å². The molecule has 5 nitrogen and oxygen atoms in total. The van der Waals surface area contributed by atoms with Crippen molar-refractivity contribution in [2.75, 3.05) is 5.75 Å². The number of hydrogen-bond acceptors (Lipinski definition) is 5. The summed E-state index contributed by atoms with van der Waals surface area (Å²) in [5.74, 6) is -1.12. The molecule has 4 rings (SSSR count). The largest absolute Gasteiger partial charge is 0.453 e. The molecule has 0 saturated carbocycles. The lowest BCUT2D eigenvalue weighted by molar-refractivity contribution is -0.156. The number of rotatable bonds is 5. The van der Waals surface area contributed by atoms with Crippen molar-refractivity contribution in [1.29, 1.82) is 0 Å². The molecule has 2 aromatic carbocycles. The van der Waals surface area contributed by atoms with E-state index in [9.17, 15) is 18.8 Å². The number of thioether (sulfide) groups is 1. The maximum absolute atomic E-state index is 13.1. The van der Waals surface area contributed by atoms with E-state index in [2.05, 4.69) is 0 Å². The number of ketones is 1. The maximum atomic E-state index is 13.1. The molecule has 2 aliphatic rings. The minimum atomic E-state index is -1.03. The summed E-state index contributed by atoms with van der Waals surface area (Å²) in [4.78, 5) is 39.1. The van der Waals surface area contributed by atoms with Crippen LogP contribution in [0.4, 0.5) is 4.39 Å². The first-order chi connectivity index (χ1) is 13.9. The summed E-state index contributed by atoms with van der Waals surface area (Å²) in [5.41, 5.74) is 1.25. The monoisotopic (exact) mass is 413 g/mol. The Morgan fingerprint density at radius 3 is 2.55 bits per heavy atom. The summed E-state index contributed by atoms with van der Waals surface area (Å²) < 4.78 is 18.5. The number of ether oxygens (including phenoxy) is 1. The van der Waals surface area contributed by atoms with Crippen LogP contribution in [-0.2, 0) is 19.2 Å². The molecule has 2 saturated heterocycles. The van der Waals surface area contributed by atoms with Crippen molar-refractivity contribution in [3.8, 4) is 0 Å². The summed E-state index contributed by atoms with van der Waals surface area (Å²) >= 11 is 1.56. The minimum Gasteiger partial charge on any atom is -0.453 e. The van der Waals surface area contributed by atoms with Crippen molar-refractivity contribution in [3.05, 3.63) is 71.5 Å². The van der Waals surface area contributed by atoms with E-state index in [1.807, 2.05) is 30.3 Å². The zero-order valence-electron chi connectivity index (χ0n) is 15.8. The zero-order valence-corrected chi connectivity index (χ0v) is 16.7. The van der Waals surface area contributed by atoms with Gasteiger partial charge in [-0.25, -0.2) is 9.18 Å². The Morgan fingerprint density at radius 1 is 1.17 bits per heavy atom. The van der Waals surface area contributed by atoms with E-state index in [4.69, 9.17) is 4.74 Å². The molecule has 0 aromatic heterocycles. The third kappa shape index (κ3) is 3.44. The second kappa shape index (κ2) is 7.63. The number of carbonyl (C=O) groups is 3. The fourth-order valence-corrected chi connectivity index (χ4v) is 5.61. The second-order valence-electron chi connectivity index (χ2n) is 7.19. The van der Waals surface area contributed by atoms with Gasteiger partial charge in [-0.3, -0.25) is 9.59 Å². The highest BCUT2D eigenvalue weighted by Gasteiger charge is 2.57. The van der Waals surface area contributed by atoms with Crippen molar-refractivity contribution in [3.63, 3.8) is 0 Å². The van der Waals surface area contributed by atoms with E-state index in [-0.39, 0.29) is 11.5 Å². The predicted molar refractivity (Wildman–Crippen MR) is 107 cm³/mol. The van der Waals surface area contributed by atoms with Crippen LogP contribution in [-0.4, -0.2) is 40.5 Å². The molecule has 150 valence electrons. The molecule has 0 aliphatic carbocycles. The lowest BCUT2D eigenvalue weighted by Crippen LogP contribution is -2.47. The molecular formula is C22H20FNO4S. The summed E-state index contributed by atoms with van der Waals surface area (Å²) in [6.45, 7) is 1.49. The number of amides is 1. The van der Waals surface area contributed by atoms with Crippen LogP contribution in [0.15, 0.2) is 54.6 Å². The normalized spacial score (nSPS) is 24.3. The molecule has 0 bridgehead atoms. The molecule has 0 N–H and O–H groups in total. The average molecular weight is 413 g/mol. The molecule has 2 fully saturated rings. The predicted octanol–water partition coefficient (Wildman–Crippen LogP) is 3.53. The highest BCUT2D eigenvalue weighted by molar-refractivity contribution is 8.00. The first kappa shape index (κ1) is 19.6. The van der Waals surface area contributed by atoms with Crippen LogP contribution in [0.25, 0.3) is 0 Å². The number of nitrogens with zero attached hydrogens (tertiary/aromatic N) is 1. The molecule has 7 heteroatoms.